The van der Waals surface area contributed by atoms with Crippen molar-refractivity contribution in [2.45, 2.75) is 23.3 Å². The van der Waals surface area contributed by atoms with Crippen LogP contribution in [-0.4, -0.2) is 17.0 Å². The molecule has 0 fully saturated rings. The summed E-state index contributed by atoms with van der Waals surface area (Å²) in [6, 6.07) is 13.8. The lowest BCUT2D eigenvalue weighted by molar-refractivity contribution is 0.151. The molecule has 2 atom stereocenters. The zero-order valence-electron chi connectivity index (χ0n) is 10.7. The van der Waals surface area contributed by atoms with Crippen molar-refractivity contribution in [3.05, 3.63) is 63.6 Å². The molecule has 1 N–H and O–H groups in total. The summed E-state index contributed by atoms with van der Waals surface area (Å²) >= 11 is 14.0. The van der Waals surface area contributed by atoms with E-state index < -0.39 is 6.10 Å². The van der Waals surface area contributed by atoms with Gasteiger partial charge in [-0.25, -0.2) is 0 Å². The molecule has 0 aromatic heterocycles. The van der Waals surface area contributed by atoms with E-state index in [-0.39, 0.29) is 5.92 Å². The fourth-order valence-electron chi connectivity index (χ4n) is 2.58. The predicted molar refractivity (Wildman–Crippen MR) is 86.1 cm³/mol. The molecule has 0 aliphatic carbocycles. The van der Waals surface area contributed by atoms with E-state index in [1.807, 2.05) is 24.3 Å². The van der Waals surface area contributed by atoms with Crippen LogP contribution in [-0.2, 0) is 6.42 Å². The summed E-state index contributed by atoms with van der Waals surface area (Å²) in [7, 11) is 0. The summed E-state index contributed by atoms with van der Waals surface area (Å²) in [5.74, 6) is 1.07. The first kappa shape index (κ1) is 14.3. The van der Waals surface area contributed by atoms with E-state index in [2.05, 4.69) is 12.1 Å². The maximum atomic E-state index is 10.5. The van der Waals surface area contributed by atoms with Gasteiger partial charge in [-0.05, 0) is 23.3 Å². The highest BCUT2D eigenvalue weighted by atomic mass is 35.5. The minimum absolute atomic E-state index is 0.159. The van der Waals surface area contributed by atoms with Gasteiger partial charge in [0.1, 0.15) is 0 Å². The minimum atomic E-state index is -0.442. The van der Waals surface area contributed by atoms with E-state index in [1.54, 1.807) is 17.8 Å². The molecular weight excluding hydrogens is 311 g/mol. The van der Waals surface area contributed by atoms with E-state index in [9.17, 15) is 5.11 Å². The molecule has 2 unspecified atom stereocenters. The molecule has 1 aliphatic heterocycles. The van der Waals surface area contributed by atoms with E-state index in [1.165, 1.54) is 10.5 Å². The van der Waals surface area contributed by atoms with Crippen molar-refractivity contribution < 1.29 is 5.11 Å². The van der Waals surface area contributed by atoms with Gasteiger partial charge in [-0.2, -0.15) is 0 Å². The third kappa shape index (κ3) is 2.71. The average molecular weight is 325 g/mol. The lowest BCUT2D eigenvalue weighted by atomic mass is 9.91. The Bertz CT molecular complexity index is 630. The molecule has 20 heavy (non-hydrogen) atoms. The van der Waals surface area contributed by atoms with Gasteiger partial charge in [0.2, 0.25) is 0 Å². The minimum Gasteiger partial charge on any atom is -0.392 e. The quantitative estimate of drug-likeness (QED) is 0.876. The zero-order chi connectivity index (χ0) is 14.1. The number of hydrogen-bond acceptors (Lipinski definition) is 2. The Balaban J connectivity index is 1.81. The normalized spacial score (nSPS) is 18.9. The number of halogens is 2. The zero-order valence-corrected chi connectivity index (χ0v) is 13.1. The topological polar surface area (TPSA) is 20.2 Å². The Kier molecular flexibility index (Phi) is 4.27. The summed E-state index contributed by atoms with van der Waals surface area (Å²) in [5.41, 5.74) is 2.14. The van der Waals surface area contributed by atoms with Crippen LogP contribution in [0.1, 0.15) is 17.0 Å². The Morgan fingerprint density at radius 2 is 1.95 bits per heavy atom. The first-order chi connectivity index (χ1) is 9.66. The standard InChI is InChI=1S/C16H14Cl2OS/c17-13-6-3-4-10(16(13)18)8-14(19)12-9-20-15-7-2-1-5-11(12)15/h1-7,12,14,19H,8-9H2. The van der Waals surface area contributed by atoms with Gasteiger partial charge in [0.25, 0.3) is 0 Å². The van der Waals surface area contributed by atoms with Gasteiger partial charge in [-0.1, -0.05) is 53.5 Å². The molecule has 0 spiro atoms. The molecule has 1 aliphatic rings. The maximum absolute atomic E-state index is 10.5. The first-order valence-corrected chi connectivity index (χ1v) is 8.23. The van der Waals surface area contributed by atoms with Crippen LogP contribution in [0.15, 0.2) is 47.4 Å². The number of thioether (sulfide) groups is 1. The molecule has 0 amide bonds. The Morgan fingerprint density at radius 3 is 2.80 bits per heavy atom. The van der Waals surface area contributed by atoms with Crippen molar-refractivity contribution in [3.63, 3.8) is 0 Å². The van der Waals surface area contributed by atoms with Gasteiger partial charge in [0.15, 0.2) is 0 Å². The Labute approximate surface area is 132 Å². The monoisotopic (exact) mass is 324 g/mol. The van der Waals surface area contributed by atoms with E-state index in [0.717, 1.165) is 11.3 Å². The van der Waals surface area contributed by atoms with Crippen LogP contribution in [0, 0.1) is 0 Å². The van der Waals surface area contributed by atoms with Crippen molar-refractivity contribution in [1.29, 1.82) is 0 Å². The molecule has 0 bridgehead atoms. The smallest absolute Gasteiger partial charge is 0.0658 e. The Morgan fingerprint density at radius 1 is 1.15 bits per heavy atom. The summed E-state index contributed by atoms with van der Waals surface area (Å²) in [5, 5.41) is 11.6. The Hall–Kier alpha value is -0.670. The largest absolute Gasteiger partial charge is 0.392 e. The third-order valence-electron chi connectivity index (χ3n) is 3.66. The van der Waals surface area contributed by atoms with Gasteiger partial charge in [0, 0.05) is 23.0 Å². The molecule has 1 nitrogen and oxygen atoms in total. The second-order valence-corrected chi connectivity index (χ2v) is 6.79. The predicted octanol–water partition coefficient (Wildman–Crippen LogP) is 4.79. The molecular formula is C16H14Cl2OS. The molecule has 2 aromatic carbocycles. The van der Waals surface area contributed by atoms with E-state index >= 15 is 0 Å². The van der Waals surface area contributed by atoms with Gasteiger partial charge in [-0.3, -0.25) is 0 Å². The van der Waals surface area contributed by atoms with Crippen molar-refractivity contribution in [1.82, 2.24) is 0 Å². The van der Waals surface area contributed by atoms with Crippen LogP contribution in [0.3, 0.4) is 0 Å². The SMILES string of the molecule is OC(Cc1cccc(Cl)c1Cl)C1CSc2ccccc21. The van der Waals surface area contributed by atoms with E-state index in [0.29, 0.717) is 16.5 Å². The van der Waals surface area contributed by atoms with Crippen molar-refractivity contribution in [3.8, 4) is 0 Å². The highest BCUT2D eigenvalue weighted by Crippen LogP contribution is 2.42. The van der Waals surface area contributed by atoms with Gasteiger partial charge >= 0.3 is 0 Å². The summed E-state index contributed by atoms with van der Waals surface area (Å²) < 4.78 is 0. The number of aliphatic hydroxyl groups is 1. The lowest BCUT2D eigenvalue weighted by Crippen LogP contribution is -2.21. The van der Waals surface area contributed by atoms with Crippen LogP contribution in [0.5, 0.6) is 0 Å². The maximum Gasteiger partial charge on any atom is 0.0658 e. The summed E-state index contributed by atoms with van der Waals surface area (Å²) in [4.78, 5) is 1.27. The molecule has 4 heteroatoms. The molecule has 1 heterocycles. The third-order valence-corrected chi connectivity index (χ3v) is 5.73. The molecule has 2 aromatic rings. The molecule has 3 rings (SSSR count). The number of hydrogen-bond donors (Lipinski definition) is 1. The second kappa shape index (κ2) is 5.98. The van der Waals surface area contributed by atoms with Crippen LogP contribution in [0.2, 0.25) is 10.0 Å². The van der Waals surface area contributed by atoms with E-state index in [4.69, 9.17) is 23.2 Å². The number of benzene rings is 2. The van der Waals surface area contributed by atoms with Gasteiger partial charge in [-0.15, -0.1) is 11.8 Å². The molecule has 0 saturated heterocycles. The summed E-state index contributed by atoms with van der Waals surface area (Å²) in [6.45, 7) is 0. The fraction of sp³-hybridized carbons (Fsp3) is 0.250. The molecule has 104 valence electrons. The number of rotatable bonds is 3. The van der Waals surface area contributed by atoms with Crippen molar-refractivity contribution in [2.75, 3.05) is 5.75 Å². The van der Waals surface area contributed by atoms with Crippen LogP contribution >= 0.6 is 35.0 Å². The number of fused-ring (bicyclic) bond motifs is 1. The van der Waals surface area contributed by atoms with Crippen LogP contribution < -0.4 is 0 Å². The molecule has 0 radical (unpaired) electrons. The van der Waals surface area contributed by atoms with Crippen LogP contribution in [0.4, 0.5) is 0 Å². The highest BCUT2D eigenvalue weighted by Gasteiger charge is 2.29. The lowest BCUT2D eigenvalue weighted by Gasteiger charge is -2.19. The number of aliphatic hydroxyl groups excluding tert-OH is 1. The molecule has 0 saturated carbocycles. The van der Waals surface area contributed by atoms with Gasteiger partial charge < -0.3 is 5.11 Å². The average Bonchev–Trinajstić information content (AvgIpc) is 2.88. The van der Waals surface area contributed by atoms with Crippen molar-refractivity contribution >= 4 is 35.0 Å². The summed E-state index contributed by atoms with van der Waals surface area (Å²) in [6.07, 6.45) is 0.0843. The van der Waals surface area contributed by atoms with Crippen LogP contribution in [0.25, 0.3) is 0 Å². The highest BCUT2D eigenvalue weighted by molar-refractivity contribution is 7.99. The fourth-order valence-corrected chi connectivity index (χ4v) is 4.30. The van der Waals surface area contributed by atoms with Crippen molar-refractivity contribution in [2.24, 2.45) is 0 Å². The van der Waals surface area contributed by atoms with Gasteiger partial charge in [0.05, 0.1) is 16.1 Å². The first-order valence-electron chi connectivity index (χ1n) is 6.49. The second-order valence-electron chi connectivity index (χ2n) is 4.94.